The molecular weight excluding hydrogens is 307 g/mol. The standard InChI is InChI=1S/C11H11FN2O6S/c12-8-6-7(3-4-9(8)14(17)18)21(19,20)13-5-1-2-10(13)11(15)16/h3-4,6,10H,1-2,5H2,(H,15,16)/t10-/m0/s1. The number of hydrogen-bond donors (Lipinski definition) is 1. The van der Waals surface area contributed by atoms with Gasteiger partial charge in [0, 0.05) is 18.7 Å². The van der Waals surface area contributed by atoms with Crippen molar-refractivity contribution in [3.05, 3.63) is 34.1 Å². The third-order valence-corrected chi connectivity index (χ3v) is 5.12. The van der Waals surface area contributed by atoms with Crippen LogP contribution in [0.2, 0.25) is 0 Å². The van der Waals surface area contributed by atoms with Crippen molar-refractivity contribution >= 4 is 21.7 Å². The van der Waals surface area contributed by atoms with Gasteiger partial charge in [0.15, 0.2) is 0 Å². The third-order valence-electron chi connectivity index (χ3n) is 3.21. The van der Waals surface area contributed by atoms with Crippen LogP contribution in [-0.2, 0) is 14.8 Å². The van der Waals surface area contributed by atoms with Crippen molar-refractivity contribution in [1.29, 1.82) is 0 Å². The summed E-state index contributed by atoms with van der Waals surface area (Å²) in [6.07, 6.45) is 0.551. The number of sulfonamides is 1. The molecule has 1 saturated heterocycles. The van der Waals surface area contributed by atoms with Gasteiger partial charge in [-0.05, 0) is 18.9 Å². The average molecular weight is 318 g/mol. The Balaban J connectivity index is 2.43. The van der Waals surface area contributed by atoms with Crippen LogP contribution < -0.4 is 0 Å². The number of benzene rings is 1. The van der Waals surface area contributed by atoms with Crippen molar-refractivity contribution in [2.45, 2.75) is 23.8 Å². The van der Waals surface area contributed by atoms with Gasteiger partial charge in [-0.1, -0.05) is 0 Å². The summed E-state index contributed by atoms with van der Waals surface area (Å²) in [6, 6.07) is 0.972. The first-order valence-corrected chi connectivity index (χ1v) is 7.37. The Labute approximate surface area is 119 Å². The highest BCUT2D eigenvalue weighted by Crippen LogP contribution is 2.28. The van der Waals surface area contributed by atoms with Crippen molar-refractivity contribution in [3.8, 4) is 0 Å². The maximum atomic E-state index is 13.5. The van der Waals surface area contributed by atoms with Crippen LogP contribution in [0, 0.1) is 15.9 Å². The highest BCUT2D eigenvalue weighted by atomic mass is 32.2. The van der Waals surface area contributed by atoms with Gasteiger partial charge in [-0.3, -0.25) is 14.9 Å². The molecule has 1 fully saturated rings. The van der Waals surface area contributed by atoms with E-state index in [0.717, 1.165) is 16.4 Å². The van der Waals surface area contributed by atoms with E-state index in [2.05, 4.69) is 0 Å². The number of nitrogens with zero attached hydrogens (tertiary/aromatic N) is 2. The lowest BCUT2D eigenvalue weighted by atomic mass is 10.2. The Morgan fingerprint density at radius 3 is 2.67 bits per heavy atom. The van der Waals surface area contributed by atoms with E-state index in [9.17, 15) is 27.7 Å². The number of aliphatic carboxylic acids is 1. The fourth-order valence-corrected chi connectivity index (χ4v) is 3.87. The molecule has 8 nitrogen and oxygen atoms in total. The Bertz CT molecular complexity index is 705. The van der Waals surface area contributed by atoms with Crippen molar-refractivity contribution < 1.29 is 27.6 Å². The van der Waals surface area contributed by atoms with Gasteiger partial charge in [-0.15, -0.1) is 0 Å². The molecule has 0 radical (unpaired) electrons. The maximum absolute atomic E-state index is 13.5. The molecule has 0 aliphatic carbocycles. The summed E-state index contributed by atoms with van der Waals surface area (Å²) in [5, 5.41) is 19.5. The summed E-state index contributed by atoms with van der Waals surface area (Å²) < 4.78 is 38.9. The normalized spacial score (nSPS) is 19.6. The molecule has 1 aliphatic rings. The van der Waals surface area contributed by atoms with E-state index in [1.54, 1.807) is 0 Å². The molecule has 0 saturated carbocycles. The monoisotopic (exact) mass is 318 g/mol. The number of rotatable bonds is 4. The van der Waals surface area contributed by atoms with Gasteiger partial charge in [-0.2, -0.15) is 8.70 Å². The fraction of sp³-hybridized carbons (Fsp3) is 0.364. The van der Waals surface area contributed by atoms with E-state index in [-0.39, 0.29) is 13.0 Å². The molecule has 114 valence electrons. The molecule has 1 heterocycles. The highest BCUT2D eigenvalue weighted by molar-refractivity contribution is 7.89. The zero-order chi connectivity index (χ0) is 15.8. The number of nitro groups is 1. The smallest absolute Gasteiger partial charge is 0.322 e. The summed E-state index contributed by atoms with van der Waals surface area (Å²) in [7, 11) is -4.21. The first-order valence-electron chi connectivity index (χ1n) is 5.93. The zero-order valence-electron chi connectivity index (χ0n) is 10.6. The van der Waals surface area contributed by atoms with E-state index in [0.29, 0.717) is 12.5 Å². The molecule has 21 heavy (non-hydrogen) atoms. The second-order valence-electron chi connectivity index (χ2n) is 4.48. The minimum Gasteiger partial charge on any atom is -0.480 e. The number of carbonyl (C=O) groups is 1. The van der Waals surface area contributed by atoms with E-state index in [1.807, 2.05) is 0 Å². The first-order chi connectivity index (χ1) is 9.75. The molecule has 0 aromatic heterocycles. The van der Waals surface area contributed by atoms with Crippen LogP contribution in [-0.4, -0.2) is 41.3 Å². The van der Waals surface area contributed by atoms with Crippen LogP contribution in [0.1, 0.15) is 12.8 Å². The second kappa shape index (κ2) is 5.37. The lowest BCUT2D eigenvalue weighted by Gasteiger charge is -2.20. The molecule has 1 aromatic carbocycles. The van der Waals surface area contributed by atoms with E-state index >= 15 is 0 Å². The minimum absolute atomic E-state index is 0.0118. The van der Waals surface area contributed by atoms with Crippen molar-refractivity contribution in [3.63, 3.8) is 0 Å². The molecule has 1 aliphatic heterocycles. The van der Waals surface area contributed by atoms with E-state index in [4.69, 9.17) is 5.11 Å². The molecule has 1 N–H and O–H groups in total. The Kier molecular flexibility index (Phi) is 3.92. The van der Waals surface area contributed by atoms with Crippen LogP contribution >= 0.6 is 0 Å². The predicted molar refractivity (Wildman–Crippen MR) is 67.6 cm³/mol. The third kappa shape index (κ3) is 2.72. The topological polar surface area (TPSA) is 118 Å². The van der Waals surface area contributed by atoms with Gasteiger partial charge in [0.05, 0.1) is 9.82 Å². The highest BCUT2D eigenvalue weighted by Gasteiger charge is 2.39. The van der Waals surface area contributed by atoms with Crippen molar-refractivity contribution in [2.24, 2.45) is 0 Å². The van der Waals surface area contributed by atoms with Gasteiger partial charge >= 0.3 is 11.7 Å². The van der Waals surface area contributed by atoms with E-state index < -0.39 is 43.4 Å². The van der Waals surface area contributed by atoms with Crippen LogP contribution in [0.3, 0.4) is 0 Å². The number of hydrogen-bond acceptors (Lipinski definition) is 5. The molecule has 0 amide bonds. The molecule has 0 spiro atoms. The zero-order valence-corrected chi connectivity index (χ0v) is 11.4. The van der Waals surface area contributed by atoms with Crippen LogP contribution in [0.25, 0.3) is 0 Å². The SMILES string of the molecule is O=C(O)[C@@H]1CCCN1S(=O)(=O)c1ccc([N+](=O)[O-])c(F)c1. The van der Waals surface area contributed by atoms with Gasteiger partial charge < -0.3 is 5.11 Å². The summed E-state index contributed by atoms with van der Waals surface area (Å²) in [5.74, 6) is -2.56. The van der Waals surface area contributed by atoms with Gasteiger partial charge in [0.2, 0.25) is 15.8 Å². The van der Waals surface area contributed by atoms with Crippen LogP contribution in [0.4, 0.5) is 10.1 Å². The molecular formula is C11H11FN2O6S. The number of carboxylic acids is 1. The number of halogens is 1. The Morgan fingerprint density at radius 2 is 2.14 bits per heavy atom. The molecule has 0 unspecified atom stereocenters. The quantitative estimate of drug-likeness (QED) is 0.653. The number of carboxylic acid groups (broad SMARTS) is 1. The summed E-state index contributed by atoms with van der Waals surface area (Å²) in [6.45, 7) is 0.0118. The lowest BCUT2D eigenvalue weighted by molar-refractivity contribution is -0.387. The summed E-state index contributed by atoms with van der Waals surface area (Å²) >= 11 is 0. The van der Waals surface area contributed by atoms with Crippen molar-refractivity contribution in [2.75, 3.05) is 6.54 Å². The molecule has 1 atom stereocenters. The largest absolute Gasteiger partial charge is 0.480 e. The average Bonchev–Trinajstić information content (AvgIpc) is 2.88. The van der Waals surface area contributed by atoms with Gasteiger partial charge in [0.25, 0.3) is 0 Å². The lowest BCUT2D eigenvalue weighted by Crippen LogP contribution is -2.40. The second-order valence-corrected chi connectivity index (χ2v) is 6.37. The van der Waals surface area contributed by atoms with Crippen LogP contribution in [0.15, 0.2) is 23.1 Å². The molecule has 2 rings (SSSR count). The predicted octanol–water partition coefficient (Wildman–Crippen LogP) is 0.972. The maximum Gasteiger partial charge on any atom is 0.322 e. The fourth-order valence-electron chi connectivity index (χ4n) is 2.21. The Morgan fingerprint density at radius 1 is 1.48 bits per heavy atom. The summed E-state index contributed by atoms with van der Waals surface area (Å²) in [5.41, 5.74) is -0.842. The van der Waals surface area contributed by atoms with Gasteiger partial charge in [0.1, 0.15) is 6.04 Å². The van der Waals surface area contributed by atoms with E-state index in [1.165, 1.54) is 0 Å². The Hall–Kier alpha value is -2.07. The molecule has 10 heteroatoms. The number of nitro benzene ring substituents is 1. The first kappa shape index (κ1) is 15.3. The van der Waals surface area contributed by atoms with Gasteiger partial charge in [-0.25, -0.2) is 8.42 Å². The minimum atomic E-state index is -4.21. The van der Waals surface area contributed by atoms with Crippen LogP contribution in [0.5, 0.6) is 0 Å². The summed E-state index contributed by atoms with van der Waals surface area (Å²) in [4.78, 5) is 20.1. The molecule has 1 aromatic rings. The molecule has 0 bridgehead atoms. The van der Waals surface area contributed by atoms with Crippen molar-refractivity contribution in [1.82, 2.24) is 4.31 Å².